The van der Waals surface area contributed by atoms with E-state index < -0.39 is 19.3 Å². The largest absolute Gasteiger partial charge is 0.377 e. The zero-order valence-electron chi connectivity index (χ0n) is 37.6. The fraction of sp³-hybridized carbons (Fsp3) is 0.308. The van der Waals surface area contributed by atoms with Gasteiger partial charge in [0.2, 0.25) is 0 Å². The number of benzene rings is 6. The van der Waals surface area contributed by atoms with E-state index in [1.54, 1.807) is 0 Å². The first-order valence-electron chi connectivity index (χ1n) is 20.3. The van der Waals surface area contributed by atoms with Crippen molar-refractivity contribution in [2.45, 2.75) is 51.0 Å². The van der Waals surface area contributed by atoms with Crippen LogP contribution in [0.2, 0.25) is 0 Å². The van der Waals surface area contributed by atoms with E-state index in [2.05, 4.69) is 95.8 Å². The Bertz CT molecular complexity index is 2300. The first kappa shape index (κ1) is 43.1. The molecule has 0 radical (unpaired) electrons. The summed E-state index contributed by atoms with van der Waals surface area (Å²) in [5.74, 6) is 0. The average molecular weight is 807 g/mol. The summed E-state index contributed by atoms with van der Waals surface area (Å²) in [6, 6.07) is 41.1. The van der Waals surface area contributed by atoms with Gasteiger partial charge in [-0.3, -0.25) is 0 Å². The van der Waals surface area contributed by atoms with E-state index in [-0.39, 0.29) is 0 Å². The zero-order valence-corrected chi connectivity index (χ0v) is 38.4. The summed E-state index contributed by atoms with van der Waals surface area (Å²) in [4.78, 5) is 8.33. The molecule has 6 rings (SSSR count). The second-order valence-electron chi connectivity index (χ2n) is 17.2. The van der Waals surface area contributed by atoms with Gasteiger partial charge in [0.25, 0.3) is 0 Å². The monoisotopic (exact) mass is 806 g/mol. The van der Waals surface area contributed by atoms with E-state index in [1.807, 2.05) is 143 Å². The molecule has 0 unspecified atom stereocenters. The lowest BCUT2D eigenvalue weighted by molar-refractivity contribution is 0.547. The Morgan fingerprint density at radius 1 is 0.322 bits per heavy atom. The minimum Gasteiger partial charge on any atom is -0.377 e. The number of anilines is 4. The van der Waals surface area contributed by atoms with E-state index in [9.17, 15) is 0 Å². The lowest BCUT2D eigenvalue weighted by atomic mass is 9.81. The molecule has 0 aliphatic carbocycles. The summed E-state index contributed by atoms with van der Waals surface area (Å²) in [6.07, 6.45) is 0. The molecule has 0 fully saturated rings. The van der Waals surface area contributed by atoms with Crippen molar-refractivity contribution in [1.82, 2.24) is 0 Å². The molecule has 0 saturated carbocycles. The Kier molecular flexibility index (Phi) is 11.9. The quantitative estimate of drug-likeness (QED) is 0.115. The highest BCUT2D eigenvalue weighted by atomic mass is 32.2. The molecule has 6 aromatic rings. The van der Waals surface area contributed by atoms with Gasteiger partial charge in [-0.2, -0.15) is 0 Å². The summed E-state index contributed by atoms with van der Waals surface area (Å²) >= 11 is 0. The number of aryl methyl sites for hydroxylation is 6. The molecule has 308 valence electrons. The lowest BCUT2D eigenvalue weighted by Gasteiger charge is -2.46. The topological polar surface area (TPSA) is 47.1 Å². The lowest BCUT2D eigenvalue weighted by Crippen LogP contribution is -2.51. The van der Waals surface area contributed by atoms with E-state index in [4.69, 9.17) is 0 Å². The van der Waals surface area contributed by atoms with Crippen molar-refractivity contribution in [1.29, 1.82) is 0 Å². The van der Waals surface area contributed by atoms with Crippen molar-refractivity contribution >= 4 is 32.6 Å². The fourth-order valence-electron chi connectivity index (χ4n) is 9.24. The third-order valence-corrected chi connectivity index (χ3v) is 15.1. The van der Waals surface area contributed by atoms with Crippen molar-refractivity contribution < 1.29 is 8.42 Å². The molecule has 6 aromatic carbocycles. The van der Waals surface area contributed by atoms with Crippen molar-refractivity contribution in [2.75, 3.05) is 76.0 Å². The van der Waals surface area contributed by atoms with E-state index in [1.165, 1.54) is 0 Å². The molecular formula is C52H62N4O2S. The molecule has 7 heteroatoms. The van der Waals surface area contributed by atoms with Crippen molar-refractivity contribution in [3.8, 4) is 0 Å². The Balaban J connectivity index is 1.96. The van der Waals surface area contributed by atoms with Crippen molar-refractivity contribution in [3.63, 3.8) is 0 Å². The Morgan fingerprint density at radius 2 is 0.525 bits per heavy atom. The van der Waals surface area contributed by atoms with Gasteiger partial charge < -0.3 is 19.6 Å². The minimum atomic E-state index is -4.58. The van der Waals surface area contributed by atoms with Gasteiger partial charge in [-0.25, -0.2) is 8.42 Å². The number of sulfone groups is 1. The number of hydrogen-bond donors (Lipinski definition) is 0. The van der Waals surface area contributed by atoms with Crippen LogP contribution in [0.5, 0.6) is 0 Å². The second-order valence-corrected chi connectivity index (χ2v) is 19.4. The van der Waals surface area contributed by atoms with E-state index in [0.717, 1.165) is 56.1 Å². The van der Waals surface area contributed by atoms with Gasteiger partial charge in [-0.05, 0) is 121 Å². The summed E-state index contributed by atoms with van der Waals surface area (Å²) in [6.45, 7) is 12.4. The van der Waals surface area contributed by atoms with Crippen LogP contribution in [0.25, 0.3) is 0 Å². The zero-order chi connectivity index (χ0) is 43.2. The van der Waals surface area contributed by atoms with E-state index in [0.29, 0.717) is 33.4 Å². The molecule has 59 heavy (non-hydrogen) atoms. The standard InChI is InChI=1S/C52H62N4O2S/c1-35-15-19-41(20-16-35)51(43-23-27-47(53(7)8)37(3)31-43,44-24-28-48(54(9)10)38(4)32-44)59(57,58)52(42-21-17-36(2)18-22-42,45-25-29-49(55(11)12)39(5)33-45)46-26-30-50(56(13)14)40(6)34-46/h15-34H,1-14H3. The number of nitrogens with zero attached hydrogens (tertiary/aromatic N) is 4. The maximum absolute atomic E-state index is 17.9. The van der Waals surface area contributed by atoms with Crippen LogP contribution in [0, 0.1) is 41.5 Å². The fourth-order valence-corrected chi connectivity index (χ4v) is 12.3. The van der Waals surface area contributed by atoms with Crippen LogP contribution in [0.15, 0.2) is 121 Å². The molecule has 0 heterocycles. The molecule has 0 bridgehead atoms. The highest BCUT2D eigenvalue weighted by molar-refractivity contribution is 7.94. The Labute approximate surface area is 354 Å². The molecule has 0 saturated heterocycles. The molecule has 0 spiro atoms. The van der Waals surface area contributed by atoms with Crippen LogP contribution >= 0.6 is 0 Å². The van der Waals surface area contributed by atoms with Crippen LogP contribution < -0.4 is 19.6 Å². The molecule has 0 aliphatic heterocycles. The van der Waals surface area contributed by atoms with Crippen LogP contribution in [0.3, 0.4) is 0 Å². The maximum Gasteiger partial charge on any atom is 0.186 e. The van der Waals surface area contributed by atoms with Gasteiger partial charge in [0.15, 0.2) is 9.84 Å². The van der Waals surface area contributed by atoms with E-state index >= 15 is 8.42 Å². The predicted octanol–water partition coefficient (Wildman–Crippen LogP) is 10.5. The summed E-state index contributed by atoms with van der Waals surface area (Å²) < 4.78 is 32.4. The first-order valence-corrected chi connectivity index (χ1v) is 21.8. The van der Waals surface area contributed by atoms with Gasteiger partial charge in [0.05, 0.1) is 0 Å². The highest BCUT2D eigenvalue weighted by Crippen LogP contribution is 2.57. The van der Waals surface area contributed by atoms with Gasteiger partial charge in [0.1, 0.15) is 9.49 Å². The SMILES string of the molecule is Cc1ccc(C(c2ccc(N(C)C)c(C)c2)(c2ccc(N(C)C)c(C)c2)S(=O)(=O)C(c2ccc(C)cc2)(c2ccc(N(C)C)c(C)c2)c2ccc(N(C)C)c(C)c2)cc1. The van der Waals surface area contributed by atoms with Crippen LogP contribution in [-0.4, -0.2) is 64.8 Å². The summed E-state index contributed by atoms with van der Waals surface area (Å²) in [5, 5.41) is 0. The normalized spacial score (nSPS) is 12.0. The third-order valence-electron chi connectivity index (χ3n) is 12.1. The summed E-state index contributed by atoms with van der Waals surface area (Å²) in [5.41, 5.74) is 14.2. The predicted molar refractivity (Wildman–Crippen MR) is 253 cm³/mol. The van der Waals surface area contributed by atoms with Gasteiger partial charge in [-0.15, -0.1) is 0 Å². The molecule has 0 aliphatic rings. The third kappa shape index (κ3) is 7.18. The van der Waals surface area contributed by atoms with Crippen LogP contribution in [0.1, 0.15) is 66.8 Å². The van der Waals surface area contributed by atoms with Crippen molar-refractivity contribution in [2.24, 2.45) is 0 Å². The molecule has 0 N–H and O–H groups in total. The number of rotatable bonds is 12. The van der Waals surface area contributed by atoms with Crippen molar-refractivity contribution in [3.05, 3.63) is 188 Å². The Morgan fingerprint density at radius 3 is 0.712 bits per heavy atom. The molecular weight excluding hydrogens is 745 g/mol. The van der Waals surface area contributed by atoms with Gasteiger partial charge in [0, 0.05) is 79.1 Å². The number of hydrogen-bond acceptors (Lipinski definition) is 6. The van der Waals surface area contributed by atoms with Crippen LogP contribution in [-0.2, 0) is 19.3 Å². The molecule has 6 nitrogen and oxygen atoms in total. The first-order chi connectivity index (χ1) is 27.8. The maximum atomic E-state index is 17.9. The van der Waals surface area contributed by atoms with Gasteiger partial charge in [-0.1, -0.05) is 108 Å². The molecule has 0 atom stereocenters. The van der Waals surface area contributed by atoms with Gasteiger partial charge >= 0.3 is 0 Å². The molecule has 0 amide bonds. The van der Waals surface area contributed by atoms with Crippen LogP contribution in [0.4, 0.5) is 22.7 Å². The molecule has 0 aromatic heterocycles. The minimum absolute atomic E-state index is 0.678. The second kappa shape index (κ2) is 16.3. The Hall–Kier alpha value is -5.53. The smallest absolute Gasteiger partial charge is 0.186 e. The summed E-state index contributed by atoms with van der Waals surface area (Å²) in [7, 11) is 11.6. The average Bonchev–Trinajstić information content (AvgIpc) is 3.16. The highest BCUT2D eigenvalue weighted by Gasteiger charge is 2.61.